The van der Waals surface area contributed by atoms with Gasteiger partial charge in [-0.1, -0.05) is 61.8 Å². The number of nitrogens with two attached hydrogens (primary N) is 1. The van der Waals surface area contributed by atoms with E-state index in [1.807, 2.05) is 77.9 Å². The van der Waals surface area contributed by atoms with Crippen LogP contribution in [0.5, 0.6) is 0 Å². The van der Waals surface area contributed by atoms with E-state index in [1.165, 1.54) is 9.80 Å². The highest BCUT2D eigenvalue weighted by Crippen LogP contribution is 2.32. The van der Waals surface area contributed by atoms with Crippen molar-refractivity contribution in [2.24, 2.45) is 11.1 Å². The summed E-state index contributed by atoms with van der Waals surface area (Å²) in [5, 5.41) is 21.2. The molecule has 7 rings (SSSR count). The molecule has 17 nitrogen and oxygen atoms in total. The SMILES string of the molecule is Cc1ccc2onc(C(=O)N3CC[C@H]4CC[C@@H](C(=O)N(C)CCCC(=O)N[C@H](C(=O)N5C[C@H](O)C[C@H]5C(=O)N[C@@H](C)c5ccc(-c6scnc6C)cc5)C(C)(C)C)N4C(=O)[C@@H](N)C3)c2c1. The maximum Gasteiger partial charge on any atom is 0.276 e. The molecule has 2 aromatic carbocycles. The van der Waals surface area contributed by atoms with Crippen molar-refractivity contribution >= 4 is 57.7 Å². The van der Waals surface area contributed by atoms with E-state index in [-0.39, 0.29) is 68.5 Å². The summed E-state index contributed by atoms with van der Waals surface area (Å²) in [4.78, 5) is 94.2. The summed E-state index contributed by atoms with van der Waals surface area (Å²) in [5.74, 6) is -2.29. The highest BCUT2D eigenvalue weighted by atomic mass is 32.1. The topological polar surface area (TPSA) is 225 Å². The standard InChI is InChI=1S/C47H61N9O8S/c1-26-10-17-37-33(21-26)39(52-64-37)45(62)54-20-18-31-15-16-35(56(31)43(60)34(48)24-54)44(61)53(7)19-8-9-38(58)51-41(47(4,5)6)46(63)55-23-32(57)22-36(55)42(59)50-27(2)29-11-13-30(14-12-29)40-28(3)49-25-65-40/h10-14,17,21,25,27,31-32,34-36,41,57H,8-9,15-16,18-20,22-24,48H2,1-7H3,(H,50,59)(H,51,58)/t27-,31+,32+,34-,35-,36-,41+/m0/s1. The number of hydrogen-bond acceptors (Lipinski definition) is 12. The number of nitrogens with one attached hydrogen (secondary N) is 2. The zero-order valence-electron chi connectivity index (χ0n) is 38.2. The monoisotopic (exact) mass is 911 g/mol. The molecule has 18 heteroatoms. The van der Waals surface area contributed by atoms with Crippen LogP contribution < -0.4 is 16.4 Å². The van der Waals surface area contributed by atoms with Crippen molar-refractivity contribution in [2.45, 2.75) is 122 Å². The number of aliphatic hydroxyl groups excluding tert-OH is 1. The van der Waals surface area contributed by atoms with E-state index in [0.29, 0.717) is 36.8 Å². The zero-order valence-corrected chi connectivity index (χ0v) is 39.0. The summed E-state index contributed by atoms with van der Waals surface area (Å²) in [7, 11) is 1.64. The summed E-state index contributed by atoms with van der Waals surface area (Å²) in [5.41, 5.74) is 12.0. The van der Waals surface area contributed by atoms with Gasteiger partial charge < -0.3 is 45.6 Å². The Labute approximate surface area is 383 Å². The molecule has 6 amide bonds. The van der Waals surface area contributed by atoms with E-state index in [4.69, 9.17) is 10.3 Å². The maximum atomic E-state index is 14.2. The van der Waals surface area contributed by atoms with Crippen molar-refractivity contribution in [1.29, 1.82) is 0 Å². The average molecular weight is 912 g/mol. The molecule has 7 atom stereocenters. The van der Waals surface area contributed by atoms with Gasteiger partial charge in [0.2, 0.25) is 29.5 Å². The molecule has 348 valence electrons. The maximum absolute atomic E-state index is 14.2. The van der Waals surface area contributed by atoms with Crippen LogP contribution in [0, 0.1) is 19.3 Å². The van der Waals surface area contributed by atoms with Crippen molar-refractivity contribution in [3.8, 4) is 10.4 Å². The number of β-amino-alcohol motifs (C(OH)–C–C–N with tert-alkyl or cyclic N) is 1. The Morgan fingerprint density at radius 3 is 2.45 bits per heavy atom. The molecule has 2 aromatic heterocycles. The number of fused-ring (bicyclic) bond motifs is 2. The molecule has 3 aliphatic rings. The predicted molar refractivity (Wildman–Crippen MR) is 244 cm³/mol. The minimum Gasteiger partial charge on any atom is -0.391 e. The van der Waals surface area contributed by atoms with E-state index in [9.17, 15) is 33.9 Å². The molecule has 3 saturated heterocycles. The third-order valence-corrected chi connectivity index (χ3v) is 13.9. The molecule has 0 bridgehead atoms. The third kappa shape index (κ3) is 10.2. The number of amides is 6. The molecule has 0 saturated carbocycles. The Morgan fingerprint density at radius 2 is 1.75 bits per heavy atom. The number of likely N-dealkylation sites (N-methyl/N-ethyl adjacent to an activating group) is 1. The van der Waals surface area contributed by atoms with Gasteiger partial charge in [-0.2, -0.15) is 0 Å². The predicted octanol–water partition coefficient (Wildman–Crippen LogP) is 3.71. The van der Waals surface area contributed by atoms with Crippen LogP contribution in [-0.4, -0.2) is 140 Å². The van der Waals surface area contributed by atoms with Gasteiger partial charge in [0.25, 0.3) is 5.91 Å². The van der Waals surface area contributed by atoms with Crippen LogP contribution >= 0.6 is 11.3 Å². The van der Waals surface area contributed by atoms with E-state index < -0.39 is 59.3 Å². The van der Waals surface area contributed by atoms with Crippen molar-refractivity contribution in [1.82, 2.24) is 40.4 Å². The number of nitrogens with zero attached hydrogens (tertiary/aromatic N) is 6. The van der Waals surface area contributed by atoms with Gasteiger partial charge in [0.15, 0.2) is 11.3 Å². The number of benzene rings is 2. The molecule has 0 unspecified atom stereocenters. The normalized spacial score (nSPS) is 22.3. The molecule has 3 aliphatic heterocycles. The first-order valence-corrected chi connectivity index (χ1v) is 23.3. The lowest BCUT2D eigenvalue weighted by molar-refractivity contribution is -0.146. The van der Waals surface area contributed by atoms with Gasteiger partial charge in [0.05, 0.1) is 33.6 Å². The van der Waals surface area contributed by atoms with Crippen LogP contribution in [-0.2, 0) is 24.0 Å². The van der Waals surface area contributed by atoms with E-state index >= 15 is 0 Å². The number of aryl methyl sites for hydroxylation is 2. The summed E-state index contributed by atoms with van der Waals surface area (Å²) in [6, 6.07) is 8.97. The average Bonchev–Trinajstić information content (AvgIpc) is 4.08. The first-order valence-electron chi connectivity index (χ1n) is 22.4. The van der Waals surface area contributed by atoms with Gasteiger partial charge in [-0.15, -0.1) is 11.3 Å². The molecular weight excluding hydrogens is 851 g/mol. The number of hydrogen-bond donors (Lipinski definition) is 4. The smallest absolute Gasteiger partial charge is 0.276 e. The van der Waals surface area contributed by atoms with Gasteiger partial charge in [-0.05, 0) is 75.1 Å². The fourth-order valence-corrected chi connectivity index (χ4v) is 10.1. The van der Waals surface area contributed by atoms with Crippen LogP contribution in [0.1, 0.15) is 99.6 Å². The third-order valence-electron chi connectivity index (χ3n) is 13.0. The highest BCUT2D eigenvalue weighted by molar-refractivity contribution is 7.13. The number of thiazole rings is 1. The van der Waals surface area contributed by atoms with Crippen molar-refractivity contribution < 1.29 is 38.4 Å². The summed E-state index contributed by atoms with van der Waals surface area (Å²) in [6.45, 7) is 11.7. The summed E-state index contributed by atoms with van der Waals surface area (Å²) >= 11 is 1.56. The van der Waals surface area contributed by atoms with Gasteiger partial charge in [-0.3, -0.25) is 28.8 Å². The summed E-state index contributed by atoms with van der Waals surface area (Å²) in [6.07, 6.45) is 0.914. The fourth-order valence-electron chi connectivity index (χ4n) is 9.28. The van der Waals surface area contributed by atoms with Gasteiger partial charge in [0.1, 0.15) is 24.2 Å². The second-order valence-corrected chi connectivity index (χ2v) is 19.8. The van der Waals surface area contributed by atoms with Gasteiger partial charge >= 0.3 is 0 Å². The number of likely N-dealkylation sites (tertiary alicyclic amines) is 1. The van der Waals surface area contributed by atoms with Crippen LogP contribution in [0.15, 0.2) is 52.5 Å². The lowest BCUT2D eigenvalue weighted by atomic mass is 9.85. The number of carbonyl (C=O) groups excluding carboxylic acids is 6. The second-order valence-electron chi connectivity index (χ2n) is 18.9. The summed E-state index contributed by atoms with van der Waals surface area (Å²) < 4.78 is 5.39. The molecule has 0 aliphatic carbocycles. The molecule has 4 aromatic rings. The Balaban J connectivity index is 0.911. The fraction of sp³-hybridized carbons (Fsp3) is 0.532. The lowest BCUT2D eigenvalue weighted by Gasteiger charge is -2.38. The number of rotatable bonds is 12. The Morgan fingerprint density at radius 1 is 1.02 bits per heavy atom. The minimum absolute atomic E-state index is 0.00788. The zero-order chi connectivity index (χ0) is 46.9. The largest absolute Gasteiger partial charge is 0.391 e. The number of carbonyl (C=O) groups is 6. The molecule has 0 spiro atoms. The number of aliphatic hydroxyl groups is 1. The Bertz CT molecular complexity index is 2430. The van der Waals surface area contributed by atoms with Gasteiger partial charge in [-0.25, -0.2) is 4.98 Å². The molecular formula is C47H61N9O8S. The number of aromatic nitrogens is 2. The molecule has 65 heavy (non-hydrogen) atoms. The first kappa shape index (κ1) is 47.2. The Kier molecular flexibility index (Phi) is 14.1. The van der Waals surface area contributed by atoms with Crippen LogP contribution in [0.3, 0.4) is 0 Å². The van der Waals surface area contributed by atoms with Crippen molar-refractivity contribution in [3.63, 3.8) is 0 Å². The van der Waals surface area contributed by atoms with Crippen LogP contribution in [0.4, 0.5) is 0 Å². The molecule has 0 radical (unpaired) electrons. The van der Waals surface area contributed by atoms with Crippen molar-refractivity contribution in [3.05, 3.63) is 70.5 Å². The van der Waals surface area contributed by atoms with E-state index in [1.54, 1.807) is 39.8 Å². The quantitative estimate of drug-likeness (QED) is 0.160. The van der Waals surface area contributed by atoms with E-state index in [2.05, 4.69) is 20.8 Å². The van der Waals surface area contributed by atoms with Crippen LogP contribution in [0.25, 0.3) is 21.4 Å². The van der Waals surface area contributed by atoms with Crippen molar-refractivity contribution in [2.75, 3.05) is 33.2 Å². The Hall–Kier alpha value is -5.72. The van der Waals surface area contributed by atoms with Crippen LogP contribution in [0.2, 0.25) is 0 Å². The highest BCUT2D eigenvalue weighted by Gasteiger charge is 2.46. The second kappa shape index (κ2) is 19.4. The first-order chi connectivity index (χ1) is 30.8. The molecule has 3 fully saturated rings. The van der Waals surface area contributed by atoms with E-state index in [0.717, 1.165) is 27.3 Å². The van der Waals surface area contributed by atoms with Gasteiger partial charge in [0, 0.05) is 52.1 Å². The minimum atomic E-state index is -1.05. The molecule has 5 heterocycles. The lowest BCUT2D eigenvalue weighted by Crippen LogP contribution is -2.59. The molecule has 5 N–H and O–H groups in total.